The molecule has 0 heterocycles. The lowest BCUT2D eigenvalue weighted by Crippen LogP contribution is -2.14. The van der Waals surface area contributed by atoms with Gasteiger partial charge in [-0.15, -0.1) is 11.8 Å². The van der Waals surface area contributed by atoms with E-state index in [9.17, 15) is 19.1 Å². The Bertz CT molecular complexity index is 714. The molecule has 118 valence electrons. The Morgan fingerprint density at radius 3 is 2.35 bits per heavy atom. The lowest BCUT2D eigenvalue weighted by atomic mass is 10.2. The van der Waals surface area contributed by atoms with Gasteiger partial charge in [0.05, 0.1) is 10.7 Å². The Kier molecular flexibility index (Phi) is 5.94. The van der Waals surface area contributed by atoms with E-state index in [1.165, 1.54) is 30.3 Å². The van der Waals surface area contributed by atoms with E-state index in [4.69, 9.17) is 0 Å². The molecule has 23 heavy (non-hydrogen) atoms. The highest BCUT2D eigenvalue weighted by molar-refractivity contribution is 8.04. The van der Waals surface area contributed by atoms with Gasteiger partial charge in [-0.05, 0) is 35.9 Å². The van der Waals surface area contributed by atoms with E-state index in [1.807, 2.05) is 6.07 Å². The van der Waals surface area contributed by atoms with Crippen LogP contribution in [0.2, 0.25) is 0 Å². The predicted molar refractivity (Wildman–Crippen MR) is 89.5 cm³/mol. The lowest BCUT2D eigenvalue weighted by molar-refractivity contribution is -0.131. The fourth-order valence-electron chi connectivity index (χ4n) is 1.74. The Labute approximate surface area is 137 Å². The summed E-state index contributed by atoms with van der Waals surface area (Å²) in [7, 11) is 0. The molecule has 0 saturated heterocycles. The molecule has 0 bridgehead atoms. The van der Waals surface area contributed by atoms with Crippen molar-refractivity contribution in [2.75, 3.05) is 11.1 Å². The van der Waals surface area contributed by atoms with Gasteiger partial charge in [-0.2, -0.15) is 0 Å². The van der Waals surface area contributed by atoms with Crippen molar-refractivity contribution in [3.8, 4) is 0 Å². The summed E-state index contributed by atoms with van der Waals surface area (Å²) >= 11 is 0.912. The van der Waals surface area contributed by atoms with E-state index in [0.29, 0.717) is 11.3 Å². The second-order valence-electron chi connectivity index (χ2n) is 4.57. The van der Waals surface area contributed by atoms with Crippen molar-refractivity contribution in [2.45, 2.75) is 0 Å². The second-order valence-corrected chi connectivity index (χ2v) is 5.59. The molecule has 0 aliphatic heterocycles. The van der Waals surface area contributed by atoms with Crippen LogP contribution < -0.4 is 5.32 Å². The van der Waals surface area contributed by atoms with Crippen LogP contribution in [0.5, 0.6) is 0 Å². The van der Waals surface area contributed by atoms with Crippen LogP contribution in [0.15, 0.2) is 59.5 Å². The molecule has 0 aliphatic carbocycles. The van der Waals surface area contributed by atoms with Gasteiger partial charge in [-0.1, -0.05) is 30.3 Å². The fourth-order valence-corrected chi connectivity index (χ4v) is 2.44. The Morgan fingerprint density at radius 2 is 1.74 bits per heavy atom. The number of halogens is 1. The van der Waals surface area contributed by atoms with E-state index >= 15 is 0 Å². The number of aliphatic carboxylic acids is 1. The number of amides is 1. The van der Waals surface area contributed by atoms with Gasteiger partial charge in [0.15, 0.2) is 0 Å². The van der Waals surface area contributed by atoms with Gasteiger partial charge in [-0.25, -0.2) is 9.18 Å². The molecule has 0 aromatic heterocycles. The molecule has 6 heteroatoms. The maximum absolute atomic E-state index is 12.8. The van der Waals surface area contributed by atoms with Gasteiger partial charge < -0.3 is 10.4 Å². The maximum Gasteiger partial charge on any atom is 0.342 e. The van der Waals surface area contributed by atoms with Gasteiger partial charge in [-0.3, -0.25) is 4.79 Å². The number of hydrogen-bond donors (Lipinski definition) is 2. The van der Waals surface area contributed by atoms with Crippen LogP contribution in [-0.4, -0.2) is 22.7 Å². The zero-order chi connectivity index (χ0) is 16.7. The van der Waals surface area contributed by atoms with Gasteiger partial charge in [0.1, 0.15) is 5.82 Å². The summed E-state index contributed by atoms with van der Waals surface area (Å²) in [5.74, 6) is -1.86. The minimum atomic E-state index is -1.13. The van der Waals surface area contributed by atoms with Crippen LogP contribution in [0, 0.1) is 5.82 Å². The van der Waals surface area contributed by atoms with Crippen molar-refractivity contribution in [1.82, 2.24) is 0 Å². The molecule has 4 nitrogen and oxygen atoms in total. The van der Waals surface area contributed by atoms with Crippen molar-refractivity contribution >= 4 is 35.4 Å². The lowest BCUT2D eigenvalue weighted by Gasteiger charge is -2.05. The first-order valence-corrected chi connectivity index (χ1v) is 7.71. The Balaban J connectivity index is 1.98. The van der Waals surface area contributed by atoms with Crippen molar-refractivity contribution in [1.29, 1.82) is 0 Å². The normalized spacial score (nSPS) is 11.1. The topological polar surface area (TPSA) is 66.4 Å². The van der Waals surface area contributed by atoms with E-state index < -0.39 is 11.8 Å². The highest BCUT2D eigenvalue weighted by Crippen LogP contribution is 2.20. The summed E-state index contributed by atoms with van der Waals surface area (Å²) in [5, 5.41) is 11.9. The number of anilines is 1. The third-order valence-electron chi connectivity index (χ3n) is 2.79. The number of carbonyl (C=O) groups is 2. The molecular formula is C17H14FNO3S. The van der Waals surface area contributed by atoms with Crippen LogP contribution in [0.1, 0.15) is 5.56 Å². The minimum Gasteiger partial charge on any atom is -0.477 e. The summed E-state index contributed by atoms with van der Waals surface area (Å²) in [6.45, 7) is 0. The number of nitrogens with one attached hydrogen (secondary N) is 1. The molecule has 2 aromatic carbocycles. The molecule has 0 saturated carbocycles. The van der Waals surface area contributed by atoms with E-state index in [2.05, 4.69) is 5.32 Å². The molecule has 2 N–H and O–H groups in total. The number of carboxylic acids is 1. The number of hydrogen-bond acceptors (Lipinski definition) is 3. The zero-order valence-electron chi connectivity index (χ0n) is 12.0. The number of rotatable bonds is 6. The molecule has 0 spiro atoms. The van der Waals surface area contributed by atoms with E-state index in [-0.39, 0.29) is 16.6 Å². The molecule has 2 aromatic rings. The first-order chi connectivity index (χ1) is 11.0. The van der Waals surface area contributed by atoms with Crippen LogP contribution in [0.3, 0.4) is 0 Å². The van der Waals surface area contributed by atoms with Gasteiger partial charge >= 0.3 is 5.97 Å². The van der Waals surface area contributed by atoms with Gasteiger partial charge in [0.25, 0.3) is 0 Å². The molecule has 0 unspecified atom stereocenters. The number of thioether (sulfide) groups is 1. The van der Waals surface area contributed by atoms with Crippen LogP contribution in [0.25, 0.3) is 6.08 Å². The maximum atomic E-state index is 12.8. The Morgan fingerprint density at radius 1 is 1.09 bits per heavy atom. The average molecular weight is 331 g/mol. The SMILES string of the molecule is O=C(CS/C(=C/c1ccc(F)cc1)C(=O)O)Nc1ccccc1. The average Bonchev–Trinajstić information content (AvgIpc) is 2.54. The molecule has 0 fully saturated rings. The Hall–Kier alpha value is -2.60. The molecule has 1 amide bonds. The first kappa shape index (κ1) is 16.8. The molecular weight excluding hydrogens is 317 g/mol. The van der Waals surface area contributed by atoms with E-state index in [0.717, 1.165) is 11.8 Å². The first-order valence-electron chi connectivity index (χ1n) is 6.73. The third kappa shape index (κ3) is 5.60. The largest absolute Gasteiger partial charge is 0.477 e. The summed E-state index contributed by atoms with van der Waals surface area (Å²) in [6.07, 6.45) is 1.40. The van der Waals surface area contributed by atoms with Crippen molar-refractivity contribution in [2.24, 2.45) is 0 Å². The third-order valence-corrected chi connectivity index (χ3v) is 3.80. The molecule has 2 rings (SSSR count). The molecule has 0 radical (unpaired) electrons. The fraction of sp³-hybridized carbons (Fsp3) is 0.0588. The summed E-state index contributed by atoms with van der Waals surface area (Å²) in [5.41, 5.74) is 1.21. The quantitative estimate of drug-likeness (QED) is 0.794. The number of carboxylic acid groups (broad SMARTS) is 1. The standard InChI is InChI=1S/C17H14FNO3S/c18-13-8-6-12(7-9-13)10-15(17(21)22)23-11-16(20)19-14-4-2-1-3-5-14/h1-10H,11H2,(H,19,20)(H,21,22)/b15-10+. The molecule has 0 atom stereocenters. The predicted octanol–water partition coefficient (Wildman–Crippen LogP) is 3.62. The number of carbonyl (C=O) groups excluding carboxylic acids is 1. The smallest absolute Gasteiger partial charge is 0.342 e. The van der Waals surface area contributed by atoms with Gasteiger partial charge in [0, 0.05) is 5.69 Å². The van der Waals surface area contributed by atoms with Crippen LogP contribution in [0.4, 0.5) is 10.1 Å². The monoisotopic (exact) mass is 331 g/mol. The summed E-state index contributed by atoms with van der Waals surface area (Å²) < 4.78 is 12.8. The number of para-hydroxylation sites is 1. The summed E-state index contributed by atoms with van der Waals surface area (Å²) in [4.78, 5) is 23.1. The van der Waals surface area contributed by atoms with Crippen molar-refractivity contribution < 1.29 is 19.1 Å². The van der Waals surface area contributed by atoms with Gasteiger partial charge in [0.2, 0.25) is 5.91 Å². The van der Waals surface area contributed by atoms with Crippen molar-refractivity contribution in [3.63, 3.8) is 0 Å². The van der Waals surface area contributed by atoms with Crippen LogP contribution >= 0.6 is 11.8 Å². The highest BCUT2D eigenvalue weighted by Gasteiger charge is 2.11. The highest BCUT2D eigenvalue weighted by atomic mass is 32.2. The second kappa shape index (κ2) is 8.14. The minimum absolute atomic E-state index is 0.0137. The summed E-state index contributed by atoms with van der Waals surface area (Å²) in [6, 6.07) is 14.4. The van der Waals surface area contributed by atoms with Crippen LogP contribution in [-0.2, 0) is 9.59 Å². The number of benzene rings is 2. The van der Waals surface area contributed by atoms with E-state index in [1.54, 1.807) is 24.3 Å². The van der Waals surface area contributed by atoms with Crippen molar-refractivity contribution in [3.05, 3.63) is 70.9 Å². The molecule has 0 aliphatic rings. The zero-order valence-corrected chi connectivity index (χ0v) is 12.8.